The third-order valence-electron chi connectivity index (χ3n) is 8.24. The molecule has 1 N–H and O–H groups in total. The van der Waals surface area contributed by atoms with Gasteiger partial charge in [-0.25, -0.2) is 0 Å². The maximum Gasteiger partial charge on any atom is 0.416 e. The fraction of sp³-hybridized carbons (Fsp3) is 0.581. The Morgan fingerprint density at radius 2 is 1.63 bits per heavy atom. The topological polar surface area (TPSA) is 49.8 Å². The number of hydrogen-bond acceptors (Lipinski definition) is 3. The number of halogens is 6. The second kappa shape index (κ2) is 12.2. The number of likely N-dealkylation sites (tertiary alicyclic amines) is 1. The number of carboxylic acids is 1. The molecule has 41 heavy (non-hydrogen) atoms. The molecule has 2 aliphatic heterocycles. The fourth-order valence-electron chi connectivity index (χ4n) is 5.58. The Labute approximate surface area is 236 Å². The van der Waals surface area contributed by atoms with E-state index < -0.39 is 47.0 Å². The van der Waals surface area contributed by atoms with Gasteiger partial charge in [0.15, 0.2) is 0 Å². The van der Waals surface area contributed by atoms with E-state index in [2.05, 4.69) is 0 Å². The van der Waals surface area contributed by atoms with E-state index in [4.69, 9.17) is 4.74 Å². The summed E-state index contributed by atoms with van der Waals surface area (Å²) in [5.41, 5.74) is -1.18. The van der Waals surface area contributed by atoms with Gasteiger partial charge in [-0.2, -0.15) is 26.3 Å². The van der Waals surface area contributed by atoms with Crippen LogP contribution in [0.2, 0.25) is 0 Å². The molecule has 2 aromatic rings. The summed E-state index contributed by atoms with van der Waals surface area (Å²) in [7, 11) is 0. The highest BCUT2D eigenvalue weighted by atomic mass is 19.4. The molecule has 226 valence electrons. The summed E-state index contributed by atoms with van der Waals surface area (Å²) in [6, 6.07) is 6.49. The quantitative estimate of drug-likeness (QED) is 0.358. The Bertz CT molecular complexity index is 1220. The Morgan fingerprint density at radius 3 is 2.24 bits per heavy atom. The van der Waals surface area contributed by atoms with Crippen molar-refractivity contribution in [3.8, 4) is 5.75 Å². The summed E-state index contributed by atoms with van der Waals surface area (Å²) in [6.07, 6.45) is -1.36. The molecule has 3 aliphatic rings. The van der Waals surface area contributed by atoms with E-state index in [1.807, 2.05) is 23.1 Å². The fourth-order valence-corrected chi connectivity index (χ4v) is 5.58. The van der Waals surface area contributed by atoms with Crippen molar-refractivity contribution in [1.82, 2.24) is 4.90 Å². The lowest BCUT2D eigenvalue weighted by Crippen LogP contribution is -2.41. The highest BCUT2D eigenvalue weighted by Gasteiger charge is 2.41. The van der Waals surface area contributed by atoms with Gasteiger partial charge in [0.2, 0.25) is 0 Å². The minimum absolute atomic E-state index is 0.364. The van der Waals surface area contributed by atoms with E-state index >= 15 is 0 Å². The molecule has 4 nitrogen and oxygen atoms in total. The molecule has 0 amide bonds. The highest BCUT2D eigenvalue weighted by molar-refractivity contribution is 5.70. The maximum atomic E-state index is 13.7. The van der Waals surface area contributed by atoms with E-state index in [-0.39, 0.29) is 5.56 Å². The second-order valence-corrected chi connectivity index (χ2v) is 11.6. The average Bonchev–Trinajstić information content (AvgIpc) is 3.78. The molecule has 0 radical (unpaired) electrons. The summed E-state index contributed by atoms with van der Waals surface area (Å²) < 4.78 is 87.6. The van der Waals surface area contributed by atoms with Crippen LogP contribution in [0.15, 0.2) is 36.4 Å². The van der Waals surface area contributed by atoms with Crippen molar-refractivity contribution in [1.29, 1.82) is 0 Å². The van der Waals surface area contributed by atoms with Gasteiger partial charge in [0.25, 0.3) is 0 Å². The molecule has 1 saturated carbocycles. The summed E-state index contributed by atoms with van der Waals surface area (Å²) in [5, 5.41) is 9.23. The standard InChI is InChI=1S/C28H31F6NO3.C3H6/c1-17(25(36)37)14-19-4-5-20-8-10-26(38-24(20)15-19)9-3-12-35(13-11-26)18(2)22-16-21(27(29,30)31)6-7-23(22)28(32,33)34;1-2-3-1/h4-7,15-18H,3,8-14H2,1-2H3,(H,36,37);1-3H2. The van der Waals surface area contributed by atoms with Crippen LogP contribution in [0.25, 0.3) is 0 Å². The smallest absolute Gasteiger partial charge is 0.416 e. The Kier molecular flexibility index (Phi) is 9.31. The number of ether oxygens (including phenoxy) is 1. The minimum atomic E-state index is -4.77. The minimum Gasteiger partial charge on any atom is -0.487 e. The number of hydrogen-bond donors (Lipinski definition) is 1. The van der Waals surface area contributed by atoms with E-state index in [1.165, 1.54) is 26.2 Å². The zero-order valence-electron chi connectivity index (χ0n) is 23.4. The third kappa shape index (κ3) is 7.96. The molecule has 2 heterocycles. The Balaban J connectivity index is 0.00000121. The van der Waals surface area contributed by atoms with Crippen LogP contribution in [0.4, 0.5) is 26.3 Å². The van der Waals surface area contributed by atoms with Crippen LogP contribution in [0.1, 0.15) is 92.7 Å². The largest absolute Gasteiger partial charge is 0.487 e. The molecule has 0 aromatic heterocycles. The number of carbonyl (C=O) groups is 1. The van der Waals surface area contributed by atoms with E-state index in [1.54, 1.807) is 6.92 Å². The van der Waals surface area contributed by atoms with Crippen molar-refractivity contribution in [3.63, 3.8) is 0 Å². The molecule has 1 saturated heterocycles. The van der Waals surface area contributed by atoms with Crippen LogP contribution >= 0.6 is 0 Å². The number of rotatable bonds is 5. The number of aliphatic carboxylic acids is 1. The molecule has 3 atom stereocenters. The number of fused-ring (bicyclic) bond motifs is 1. The van der Waals surface area contributed by atoms with Gasteiger partial charge in [-0.1, -0.05) is 38.3 Å². The van der Waals surface area contributed by atoms with Crippen LogP contribution in [0.3, 0.4) is 0 Å². The predicted octanol–water partition coefficient (Wildman–Crippen LogP) is 8.47. The van der Waals surface area contributed by atoms with Crippen molar-refractivity contribution in [2.45, 2.75) is 95.6 Å². The molecule has 3 unspecified atom stereocenters. The first-order valence-electron chi connectivity index (χ1n) is 14.2. The van der Waals surface area contributed by atoms with Crippen molar-refractivity contribution < 1.29 is 41.0 Å². The normalized spacial score (nSPS) is 22.4. The Hall–Kier alpha value is -2.75. The van der Waals surface area contributed by atoms with Crippen molar-refractivity contribution in [3.05, 3.63) is 64.2 Å². The van der Waals surface area contributed by atoms with Gasteiger partial charge >= 0.3 is 18.3 Å². The van der Waals surface area contributed by atoms with Gasteiger partial charge in [0.05, 0.1) is 17.0 Å². The van der Waals surface area contributed by atoms with Crippen LogP contribution in [0, 0.1) is 5.92 Å². The lowest BCUT2D eigenvalue weighted by Gasteiger charge is -2.39. The zero-order chi connectivity index (χ0) is 30.0. The molecule has 2 aromatic carbocycles. The van der Waals surface area contributed by atoms with Gasteiger partial charge in [-0.05, 0) is 92.9 Å². The van der Waals surface area contributed by atoms with Gasteiger partial charge < -0.3 is 9.84 Å². The van der Waals surface area contributed by atoms with Crippen LogP contribution in [0.5, 0.6) is 5.75 Å². The number of aryl methyl sites for hydroxylation is 1. The number of benzene rings is 2. The molecular formula is C31H37F6NO3. The number of alkyl halides is 6. The summed E-state index contributed by atoms with van der Waals surface area (Å²) in [6.45, 7) is 3.97. The average molecular weight is 586 g/mol. The van der Waals surface area contributed by atoms with Crippen molar-refractivity contribution in [2.24, 2.45) is 5.92 Å². The summed E-state index contributed by atoms with van der Waals surface area (Å²) in [4.78, 5) is 13.1. The third-order valence-corrected chi connectivity index (χ3v) is 8.24. The van der Waals surface area contributed by atoms with E-state index in [0.717, 1.165) is 24.0 Å². The first kappa shape index (κ1) is 31.2. The number of carboxylic acid groups (broad SMARTS) is 1. The molecule has 1 spiro atoms. The van der Waals surface area contributed by atoms with E-state index in [0.29, 0.717) is 62.7 Å². The second-order valence-electron chi connectivity index (χ2n) is 11.6. The van der Waals surface area contributed by atoms with Gasteiger partial charge in [0.1, 0.15) is 11.4 Å². The molecule has 2 fully saturated rings. The summed E-state index contributed by atoms with van der Waals surface area (Å²) in [5.74, 6) is -0.728. The number of nitrogens with zero attached hydrogens (tertiary/aromatic N) is 1. The maximum absolute atomic E-state index is 13.7. The molecule has 0 bridgehead atoms. The SMILES string of the molecule is C1CC1.CC(Cc1ccc2c(c1)OC1(CCCN(C(C)c3cc(C(F)(F)F)ccc3C(F)(F)F)CC1)CC2)C(=O)O. The van der Waals surface area contributed by atoms with Crippen molar-refractivity contribution >= 4 is 5.97 Å². The highest BCUT2D eigenvalue weighted by Crippen LogP contribution is 2.43. The van der Waals surface area contributed by atoms with Crippen LogP contribution in [-0.4, -0.2) is 34.7 Å². The van der Waals surface area contributed by atoms with Gasteiger partial charge in [0, 0.05) is 12.6 Å². The van der Waals surface area contributed by atoms with Crippen molar-refractivity contribution in [2.75, 3.05) is 13.1 Å². The summed E-state index contributed by atoms with van der Waals surface area (Å²) >= 11 is 0. The van der Waals surface area contributed by atoms with E-state index in [9.17, 15) is 36.2 Å². The predicted molar refractivity (Wildman–Crippen MR) is 143 cm³/mol. The van der Waals surface area contributed by atoms with Gasteiger partial charge in [-0.15, -0.1) is 0 Å². The lowest BCUT2D eigenvalue weighted by atomic mass is 9.84. The molecule has 1 aliphatic carbocycles. The zero-order valence-corrected chi connectivity index (χ0v) is 23.4. The Morgan fingerprint density at radius 1 is 0.927 bits per heavy atom. The molecule has 10 heteroatoms. The first-order valence-corrected chi connectivity index (χ1v) is 14.2. The van der Waals surface area contributed by atoms with Crippen LogP contribution < -0.4 is 4.74 Å². The lowest BCUT2D eigenvalue weighted by molar-refractivity contribution is -0.142. The molecular weight excluding hydrogens is 548 g/mol. The van der Waals surface area contributed by atoms with Crippen LogP contribution in [-0.2, 0) is 30.0 Å². The molecule has 5 rings (SSSR count). The monoisotopic (exact) mass is 585 g/mol. The van der Waals surface area contributed by atoms with Gasteiger partial charge in [-0.3, -0.25) is 9.69 Å². The first-order chi connectivity index (χ1) is 19.2.